The van der Waals surface area contributed by atoms with Crippen LogP contribution in [-0.2, 0) is 11.2 Å². The molecule has 0 fully saturated rings. The van der Waals surface area contributed by atoms with Crippen LogP contribution in [0.3, 0.4) is 0 Å². The fraction of sp³-hybridized carbons (Fsp3) is 0.350. The minimum atomic E-state index is -0.252. The summed E-state index contributed by atoms with van der Waals surface area (Å²) in [4.78, 5) is 31.4. The Morgan fingerprint density at radius 1 is 1.24 bits per heavy atom. The van der Waals surface area contributed by atoms with Gasteiger partial charge in [0.15, 0.2) is 9.50 Å². The van der Waals surface area contributed by atoms with E-state index in [0.29, 0.717) is 38.8 Å². The van der Waals surface area contributed by atoms with Gasteiger partial charge in [-0.05, 0) is 17.9 Å². The molecule has 1 aliphatic heterocycles. The van der Waals surface area contributed by atoms with Crippen LogP contribution in [0.5, 0.6) is 11.5 Å². The maximum atomic E-state index is 13.4. The Morgan fingerprint density at radius 3 is 2.85 bits per heavy atom. The van der Waals surface area contributed by atoms with E-state index in [2.05, 4.69) is 15.5 Å². The number of aryl methyl sites for hydroxylation is 1. The number of carbonyl (C=O) groups is 1. The van der Waals surface area contributed by atoms with Gasteiger partial charge in [0.05, 0.1) is 36.2 Å². The van der Waals surface area contributed by atoms with Crippen LogP contribution in [0.1, 0.15) is 12.6 Å². The van der Waals surface area contributed by atoms with Crippen molar-refractivity contribution < 1.29 is 14.3 Å². The maximum absolute atomic E-state index is 13.4. The third-order valence-electron chi connectivity index (χ3n) is 4.55. The first-order valence-electron chi connectivity index (χ1n) is 9.94. The van der Waals surface area contributed by atoms with E-state index in [1.165, 1.54) is 39.4 Å². The second kappa shape index (κ2) is 10.8. The minimum absolute atomic E-state index is 0.0560. The molecule has 0 spiro atoms. The molecule has 174 valence electrons. The van der Waals surface area contributed by atoms with Gasteiger partial charge in [-0.2, -0.15) is 0 Å². The first-order valence-corrected chi connectivity index (χ1v) is 13.7. The molecule has 1 aliphatic rings. The molecular formula is C20H21N5O4S4. The van der Waals surface area contributed by atoms with Crippen LogP contribution in [-0.4, -0.2) is 57.1 Å². The van der Waals surface area contributed by atoms with Crippen molar-refractivity contribution >= 4 is 57.7 Å². The van der Waals surface area contributed by atoms with Crippen molar-refractivity contribution in [2.45, 2.75) is 27.7 Å². The van der Waals surface area contributed by atoms with Crippen molar-refractivity contribution in [2.24, 2.45) is 0 Å². The molecule has 0 saturated heterocycles. The Bertz CT molecular complexity index is 1230. The molecular weight excluding hydrogens is 503 g/mol. The summed E-state index contributed by atoms with van der Waals surface area (Å²) in [7, 11) is 3.10. The SMILES string of the molecule is CCSc1nnc(NC(=O)CSc2nc3c(c(=O)n2-c2cc(OC)ccc2OC)SCC3)s1. The number of fused-ring (bicyclic) bond motifs is 1. The molecule has 4 rings (SSSR count). The van der Waals surface area contributed by atoms with E-state index in [-0.39, 0.29) is 17.2 Å². The van der Waals surface area contributed by atoms with Gasteiger partial charge in [-0.15, -0.1) is 22.0 Å². The highest BCUT2D eigenvalue weighted by molar-refractivity contribution is 8.01. The molecule has 1 amide bonds. The summed E-state index contributed by atoms with van der Waals surface area (Å²) in [6.07, 6.45) is 0.716. The maximum Gasteiger partial charge on any atom is 0.272 e. The van der Waals surface area contributed by atoms with Gasteiger partial charge < -0.3 is 9.47 Å². The first kappa shape index (κ1) is 23.9. The number of methoxy groups -OCH3 is 2. The number of benzene rings is 1. The molecule has 0 radical (unpaired) electrons. The monoisotopic (exact) mass is 523 g/mol. The standard InChI is InChI=1S/C20H21N5O4S4/c1-4-30-20-24-23-18(33-20)22-15(26)10-32-19-21-12-7-8-31-16(12)17(27)25(19)13-9-11(28-2)5-6-14(13)29-3/h5-6,9H,4,7-8,10H2,1-3H3,(H,22,23,26). The lowest BCUT2D eigenvalue weighted by molar-refractivity contribution is -0.113. The van der Waals surface area contributed by atoms with Gasteiger partial charge in [0.2, 0.25) is 11.0 Å². The predicted molar refractivity (Wildman–Crippen MR) is 133 cm³/mol. The van der Waals surface area contributed by atoms with Gasteiger partial charge in [0, 0.05) is 18.2 Å². The van der Waals surface area contributed by atoms with Crippen LogP contribution in [0.15, 0.2) is 37.4 Å². The van der Waals surface area contributed by atoms with Crippen LogP contribution in [0, 0.1) is 0 Å². The molecule has 0 saturated carbocycles. The van der Waals surface area contributed by atoms with Gasteiger partial charge in [0.25, 0.3) is 5.56 Å². The largest absolute Gasteiger partial charge is 0.497 e. The molecule has 1 aromatic carbocycles. The topological polar surface area (TPSA) is 108 Å². The highest BCUT2D eigenvalue weighted by Crippen LogP contribution is 2.34. The number of hydrogen-bond acceptors (Lipinski definition) is 11. The zero-order valence-electron chi connectivity index (χ0n) is 18.1. The number of carbonyl (C=O) groups excluding carboxylic acids is 1. The van der Waals surface area contributed by atoms with Crippen molar-refractivity contribution in [1.82, 2.24) is 19.7 Å². The summed E-state index contributed by atoms with van der Waals surface area (Å²) in [5.41, 5.74) is 1.09. The van der Waals surface area contributed by atoms with Crippen molar-refractivity contribution in [1.29, 1.82) is 0 Å². The smallest absolute Gasteiger partial charge is 0.272 e. The molecule has 0 bridgehead atoms. The fourth-order valence-corrected chi connectivity index (χ4v) is 6.61. The number of nitrogens with zero attached hydrogens (tertiary/aromatic N) is 4. The van der Waals surface area contributed by atoms with Crippen molar-refractivity contribution in [3.63, 3.8) is 0 Å². The molecule has 1 N–H and O–H groups in total. The highest BCUT2D eigenvalue weighted by atomic mass is 32.2. The van der Waals surface area contributed by atoms with Crippen LogP contribution in [0.2, 0.25) is 0 Å². The number of anilines is 1. The quantitative estimate of drug-likeness (QED) is 0.254. The van der Waals surface area contributed by atoms with Crippen molar-refractivity contribution in [3.05, 3.63) is 34.2 Å². The summed E-state index contributed by atoms with van der Waals surface area (Å²) < 4.78 is 13.2. The number of aromatic nitrogens is 4. The first-order chi connectivity index (χ1) is 16.0. The summed E-state index contributed by atoms with van der Waals surface area (Å²) in [6.45, 7) is 2.03. The number of nitrogens with one attached hydrogen (secondary N) is 1. The molecule has 33 heavy (non-hydrogen) atoms. The third-order valence-corrected chi connectivity index (χ3v) is 8.45. The number of ether oxygens (including phenoxy) is 2. The summed E-state index contributed by atoms with van der Waals surface area (Å²) in [6, 6.07) is 5.23. The summed E-state index contributed by atoms with van der Waals surface area (Å²) >= 11 is 5.58. The molecule has 0 atom stereocenters. The average Bonchev–Trinajstić information content (AvgIpc) is 3.47. The zero-order valence-corrected chi connectivity index (χ0v) is 21.4. The molecule has 3 aromatic rings. The predicted octanol–water partition coefficient (Wildman–Crippen LogP) is 3.59. The van der Waals surface area contributed by atoms with Gasteiger partial charge in [0.1, 0.15) is 11.5 Å². The molecule has 9 nitrogen and oxygen atoms in total. The number of amides is 1. The second-order valence-corrected chi connectivity index (χ2v) is 11.1. The van der Waals surface area contributed by atoms with E-state index >= 15 is 0 Å². The third kappa shape index (κ3) is 5.31. The summed E-state index contributed by atoms with van der Waals surface area (Å²) in [5, 5.41) is 11.7. The van der Waals surface area contributed by atoms with Gasteiger partial charge in [-0.3, -0.25) is 19.5 Å². The van der Waals surface area contributed by atoms with E-state index in [0.717, 1.165) is 21.5 Å². The number of thioether (sulfide) groups is 3. The Labute approximate surface area is 207 Å². The number of hydrogen-bond donors (Lipinski definition) is 1. The average molecular weight is 524 g/mol. The molecule has 3 heterocycles. The van der Waals surface area contributed by atoms with E-state index in [1.54, 1.807) is 44.2 Å². The van der Waals surface area contributed by atoms with E-state index in [4.69, 9.17) is 14.5 Å². The van der Waals surface area contributed by atoms with Gasteiger partial charge in [-0.1, -0.05) is 41.8 Å². The van der Waals surface area contributed by atoms with Crippen LogP contribution in [0.4, 0.5) is 5.13 Å². The molecule has 0 unspecified atom stereocenters. The Kier molecular flexibility index (Phi) is 7.83. The number of rotatable bonds is 9. The fourth-order valence-electron chi connectivity index (χ4n) is 3.10. The minimum Gasteiger partial charge on any atom is -0.497 e. The van der Waals surface area contributed by atoms with Gasteiger partial charge >= 0.3 is 0 Å². The second-order valence-electron chi connectivity index (χ2n) is 6.59. The molecule has 2 aromatic heterocycles. The lowest BCUT2D eigenvalue weighted by Crippen LogP contribution is -2.25. The van der Waals surface area contributed by atoms with Gasteiger partial charge in [-0.25, -0.2) is 4.98 Å². The Balaban J connectivity index is 1.64. The highest BCUT2D eigenvalue weighted by Gasteiger charge is 2.25. The Morgan fingerprint density at radius 2 is 2.09 bits per heavy atom. The van der Waals surface area contributed by atoms with Crippen LogP contribution >= 0.6 is 46.6 Å². The normalized spacial score (nSPS) is 12.5. The molecule has 13 heteroatoms. The lowest BCUT2D eigenvalue weighted by Gasteiger charge is -2.17. The van der Waals surface area contributed by atoms with Crippen LogP contribution in [0.25, 0.3) is 5.69 Å². The Hall–Kier alpha value is -2.22. The van der Waals surface area contributed by atoms with Crippen molar-refractivity contribution in [3.8, 4) is 17.2 Å². The van der Waals surface area contributed by atoms with E-state index < -0.39 is 0 Å². The zero-order chi connectivity index (χ0) is 23.4. The molecule has 0 aliphatic carbocycles. The summed E-state index contributed by atoms with van der Waals surface area (Å²) in [5.74, 6) is 2.57. The lowest BCUT2D eigenvalue weighted by atomic mass is 10.2. The van der Waals surface area contributed by atoms with Crippen molar-refractivity contribution in [2.75, 3.05) is 36.8 Å². The van der Waals surface area contributed by atoms with E-state index in [1.807, 2.05) is 6.92 Å². The van der Waals surface area contributed by atoms with Crippen LogP contribution < -0.4 is 20.3 Å². The van der Waals surface area contributed by atoms with E-state index in [9.17, 15) is 9.59 Å².